The Hall–Kier alpha value is -2.08. The Labute approximate surface area is 120 Å². The van der Waals surface area contributed by atoms with Gasteiger partial charge in [-0.15, -0.1) is 13.2 Å². The molecule has 0 saturated carbocycles. The highest BCUT2D eigenvalue weighted by atomic mass is 19.4. The Morgan fingerprint density at radius 1 is 1.14 bits per heavy atom. The molecule has 0 aliphatic carbocycles. The van der Waals surface area contributed by atoms with Gasteiger partial charge in [0.25, 0.3) is 0 Å². The minimum absolute atomic E-state index is 0.00746. The molecular formula is C15H15F3N2O. The van der Waals surface area contributed by atoms with Gasteiger partial charge in [-0.2, -0.15) is 0 Å². The first-order valence-corrected chi connectivity index (χ1v) is 6.42. The van der Waals surface area contributed by atoms with E-state index < -0.39 is 6.36 Å². The average Bonchev–Trinajstić information content (AvgIpc) is 2.45. The van der Waals surface area contributed by atoms with E-state index in [2.05, 4.69) is 15.0 Å². The van der Waals surface area contributed by atoms with Crippen LogP contribution in [-0.2, 0) is 6.54 Å². The number of nitrogens with zero attached hydrogens (tertiary/aromatic N) is 1. The van der Waals surface area contributed by atoms with Crippen molar-refractivity contribution in [3.8, 4) is 5.75 Å². The number of ether oxygens (including phenoxy) is 1. The number of benzene rings is 1. The lowest BCUT2D eigenvalue weighted by molar-refractivity contribution is -0.274. The third-order valence-corrected chi connectivity index (χ3v) is 3.00. The van der Waals surface area contributed by atoms with Crippen molar-refractivity contribution in [3.63, 3.8) is 0 Å². The number of hydrogen-bond acceptors (Lipinski definition) is 3. The molecule has 0 bridgehead atoms. The monoisotopic (exact) mass is 296 g/mol. The summed E-state index contributed by atoms with van der Waals surface area (Å²) in [5, 5.41) is 3.17. The molecular weight excluding hydrogens is 281 g/mol. The molecule has 3 nitrogen and oxygen atoms in total. The van der Waals surface area contributed by atoms with Crippen molar-refractivity contribution < 1.29 is 17.9 Å². The summed E-state index contributed by atoms with van der Waals surface area (Å²) >= 11 is 0. The smallest absolute Gasteiger partial charge is 0.405 e. The third-order valence-electron chi connectivity index (χ3n) is 3.00. The van der Waals surface area contributed by atoms with Gasteiger partial charge in [-0.05, 0) is 30.7 Å². The first-order chi connectivity index (χ1) is 9.96. The van der Waals surface area contributed by atoms with Crippen LogP contribution in [0.4, 0.5) is 13.2 Å². The van der Waals surface area contributed by atoms with Gasteiger partial charge in [0.05, 0.1) is 0 Å². The molecule has 1 aromatic carbocycles. The topological polar surface area (TPSA) is 34.1 Å². The van der Waals surface area contributed by atoms with E-state index in [4.69, 9.17) is 0 Å². The predicted octanol–water partition coefficient (Wildman–Crippen LogP) is 3.83. The summed E-state index contributed by atoms with van der Waals surface area (Å²) in [6.45, 7) is 2.21. The molecule has 0 aliphatic rings. The lowest BCUT2D eigenvalue weighted by Gasteiger charge is -2.17. The standard InChI is InChI=1S/C15H15F3N2O/c1-11(12-6-8-19-9-7-12)20-10-13-4-2-3-5-14(13)21-15(16,17)18/h2-9,11,20H,10H2,1H3/t11-/m1/s1. The number of halogens is 3. The number of aromatic nitrogens is 1. The Kier molecular flexibility index (Phi) is 4.80. The maximum Gasteiger partial charge on any atom is 0.573 e. The van der Waals surface area contributed by atoms with Gasteiger partial charge in [-0.25, -0.2) is 0 Å². The van der Waals surface area contributed by atoms with E-state index in [1.165, 1.54) is 12.1 Å². The molecule has 1 heterocycles. The van der Waals surface area contributed by atoms with Crippen molar-refractivity contribution in [2.75, 3.05) is 0 Å². The lowest BCUT2D eigenvalue weighted by atomic mass is 10.1. The second-order valence-corrected chi connectivity index (χ2v) is 4.54. The van der Waals surface area contributed by atoms with Crippen LogP contribution < -0.4 is 10.1 Å². The Morgan fingerprint density at radius 3 is 2.48 bits per heavy atom. The molecule has 2 rings (SSSR count). The van der Waals surface area contributed by atoms with E-state index in [1.807, 2.05) is 19.1 Å². The highest BCUT2D eigenvalue weighted by molar-refractivity contribution is 5.33. The Balaban J connectivity index is 2.03. The normalized spacial score (nSPS) is 13.0. The Morgan fingerprint density at radius 2 is 1.81 bits per heavy atom. The molecule has 0 unspecified atom stereocenters. The number of para-hydroxylation sites is 1. The van der Waals surface area contributed by atoms with Crippen molar-refractivity contribution in [2.45, 2.75) is 25.9 Å². The van der Waals surface area contributed by atoms with E-state index >= 15 is 0 Å². The summed E-state index contributed by atoms with van der Waals surface area (Å²) < 4.78 is 41.0. The average molecular weight is 296 g/mol. The molecule has 0 radical (unpaired) electrons. The lowest BCUT2D eigenvalue weighted by Crippen LogP contribution is -2.21. The molecule has 2 aromatic rings. The van der Waals surface area contributed by atoms with Crippen molar-refractivity contribution in [2.24, 2.45) is 0 Å². The van der Waals surface area contributed by atoms with Gasteiger partial charge in [0.1, 0.15) is 5.75 Å². The molecule has 6 heteroatoms. The van der Waals surface area contributed by atoms with Gasteiger partial charge in [-0.1, -0.05) is 18.2 Å². The van der Waals surface area contributed by atoms with Crippen molar-refractivity contribution in [1.82, 2.24) is 10.3 Å². The highest BCUT2D eigenvalue weighted by Gasteiger charge is 2.31. The fourth-order valence-corrected chi connectivity index (χ4v) is 1.91. The molecule has 112 valence electrons. The Bertz CT molecular complexity index is 573. The number of nitrogens with one attached hydrogen (secondary N) is 1. The van der Waals surface area contributed by atoms with Crippen LogP contribution in [0, 0.1) is 0 Å². The van der Waals surface area contributed by atoms with Gasteiger partial charge < -0.3 is 10.1 Å². The molecule has 21 heavy (non-hydrogen) atoms. The van der Waals surface area contributed by atoms with Crippen LogP contribution >= 0.6 is 0 Å². The zero-order valence-corrected chi connectivity index (χ0v) is 11.4. The SMILES string of the molecule is C[C@@H](NCc1ccccc1OC(F)(F)F)c1ccncc1. The maximum atomic E-state index is 12.3. The first-order valence-electron chi connectivity index (χ1n) is 6.42. The molecule has 1 atom stereocenters. The van der Waals surface area contributed by atoms with E-state index in [-0.39, 0.29) is 18.3 Å². The summed E-state index contributed by atoms with van der Waals surface area (Å²) in [7, 11) is 0. The quantitative estimate of drug-likeness (QED) is 0.910. The van der Waals surface area contributed by atoms with Crippen LogP contribution in [0.1, 0.15) is 24.1 Å². The minimum atomic E-state index is -4.69. The molecule has 1 N–H and O–H groups in total. The van der Waals surface area contributed by atoms with Crippen molar-refractivity contribution in [1.29, 1.82) is 0 Å². The fourth-order valence-electron chi connectivity index (χ4n) is 1.91. The number of alkyl halides is 3. The summed E-state index contributed by atoms with van der Waals surface area (Å²) in [6.07, 6.45) is -1.34. The molecule has 0 spiro atoms. The van der Waals surface area contributed by atoms with Gasteiger partial charge in [0.15, 0.2) is 0 Å². The van der Waals surface area contributed by atoms with Crippen LogP contribution in [0.5, 0.6) is 5.75 Å². The van der Waals surface area contributed by atoms with Gasteiger partial charge in [-0.3, -0.25) is 4.98 Å². The minimum Gasteiger partial charge on any atom is -0.405 e. The molecule has 1 aromatic heterocycles. The number of rotatable bonds is 5. The number of pyridine rings is 1. The number of hydrogen-bond donors (Lipinski definition) is 1. The van der Waals surface area contributed by atoms with Crippen molar-refractivity contribution in [3.05, 3.63) is 59.9 Å². The molecule has 0 saturated heterocycles. The van der Waals surface area contributed by atoms with Crippen LogP contribution in [-0.4, -0.2) is 11.3 Å². The van der Waals surface area contributed by atoms with Crippen LogP contribution in [0.2, 0.25) is 0 Å². The zero-order valence-electron chi connectivity index (χ0n) is 11.4. The second kappa shape index (κ2) is 6.58. The van der Waals surface area contributed by atoms with Gasteiger partial charge in [0.2, 0.25) is 0 Å². The van der Waals surface area contributed by atoms with Crippen LogP contribution in [0.15, 0.2) is 48.8 Å². The molecule has 0 fully saturated rings. The summed E-state index contributed by atoms with van der Waals surface area (Å²) in [6, 6.07) is 9.81. The largest absolute Gasteiger partial charge is 0.573 e. The van der Waals surface area contributed by atoms with Crippen LogP contribution in [0.25, 0.3) is 0 Å². The summed E-state index contributed by atoms with van der Waals surface area (Å²) in [5.41, 5.74) is 1.47. The van der Waals surface area contributed by atoms with E-state index in [1.54, 1.807) is 24.5 Å². The first kappa shape index (κ1) is 15.3. The fraction of sp³-hybridized carbons (Fsp3) is 0.267. The zero-order chi connectivity index (χ0) is 15.3. The third kappa shape index (κ3) is 4.75. The second-order valence-electron chi connectivity index (χ2n) is 4.54. The van der Waals surface area contributed by atoms with E-state index in [0.717, 1.165) is 5.56 Å². The highest BCUT2D eigenvalue weighted by Crippen LogP contribution is 2.26. The molecule has 0 aliphatic heterocycles. The predicted molar refractivity (Wildman–Crippen MR) is 72.6 cm³/mol. The maximum absolute atomic E-state index is 12.3. The van der Waals surface area contributed by atoms with Gasteiger partial charge in [0, 0.05) is 30.5 Å². The molecule has 0 amide bonds. The summed E-state index contributed by atoms with van der Waals surface area (Å²) in [5.74, 6) is -0.181. The van der Waals surface area contributed by atoms with Crippen molar-refractivity contribution >= 4 is 0 Å². The van der Waals surface area contributed by atoms with Crippen LogP contribution in [0.3, 0.4) is 0 Å². The summed E-state index contributed by atoms with van der Waals surface area (Å²) in [4.78, 5) is 3.93. The van der Waals surface area contributed by atoms with Gasteiger partial charge >= 0.3 is 6.36 Å². The van der Waals surface area contributed by atoms with E-state index in [9.17, 15) is 13.2 Å². The van der Waals surface area contributed by atoms with E-state index in [0.29, 0.717) is 5.56 Å².